The molecule has 2 heteroatoms. The molecule has 1 saturated carbocycles. The summed E-state index contributed by atoms with van der Waals surface area (Å²) < 4.78 is 0. The molecular weight excluding hydrogens is 216 g/mol. The fourth-order valence-electron chi connectivity index (χ4n) is 2.14. The van der Waals surface area contributed by atoms with E-state index in [0.29, 0.717) is 6.42 Å². The topological polar surface area (TPSA) is 17.1 Å². The molecule has 0 spiro atoms. The third kappa shape index (κ3) is 3.38. The molecule has 0 saturated heterocycles. The van der Waals surface area contributed by atoms with Crippen LogP contribution in [0, 0.1) is 0 Å². The molecule has 0 radical (unpaired) electrons. The number of ketones is 1. The zero-order chi connectivity index (χ0) is 11.2. The van der Waals surface area contributed by atoms with Crippen LogP contribution in [0.15, 0.2) is 30.3 Å². The number of carbonyl (C=O) groups is 1. The normalized spacial score (nSPS) is 16.5. The first-order valence-corrected chi connectivity index (χ1v) is 7.11. The van der Waals surface area contributed by atoms with Gasteiger partial charge in [-0.1, -0.05) is 43.2 Å². The molecule has 0 amide bonds. The van der Waals surface area contributed by atoms with Crippen LogP contribution >= 0.6 is 11.8 Å². The lowest BCUT2D eigenvalue weighted by Gasteiger charge is -2.07. The average Bonchev–Trinajstić information content (AvgIpc) is 2.83. The number of rotatable bonds is 5. The van der Waals surface area contributed by atoms with Crippen molar-refractivity contribution < 1.29 is 4.79 Å². The average molecular weight is 234 g/mol. The van der Waals surface area contributed by atoms with Crippen molar-refractivity contribution in [3.8, 4) is 0 Å². The second kappa shape index (κ2) is 6.09. The molecule has 0 N–H and O–H groups in total. The van der Waals surface area contributed by atoms with Gasteiger partial charge in [0.05, 0.1) is 0 Å². The van der Waals surface area contributed by atoms with Gasteiger partial charge in [0.1, 0.15) is 0 Å². The SMILES string of the molecule is O=C(CCSC1CCCC1)c1ccccc1. The van der Waals surface area contributed by atoms with Crippen LogP contribution in [0.1, 0.15) is 42.5 Å². The summed E-state index contributed by atoms with van der Waals surface area (Å²) in [5.74, 6) is 1.27. The van der Waals surface area contributed by atoms with E-state index < -0.39 is 0 Å². The first kappa shape index (κ1) is 11.7. The molecule has 0 atom stereocenters. The highest BCUT2D eigenvalue weighted by atomic mass is 32.2. The third-order valence-electron chi connectivity index (χ3n) is 3.08. The highest BCUT2D eigenvalue weighted by Gasteiger charge is 2.15. The van der Waals surface area contributed by atoms with E-state index in [-0.39, 0.29) is 5.78 Å². The number of benzene rings is 1. The minimum Gasteiger partial charge on any atom is -0.294 e. The highest BCUT2D eigenvalue weighted by Crippen LogP contribution is 2.29. The van der Waals surface area contributed by atoms with E-state index in [4.69, 9.17) is 0 Å². The quantitative estimate of drug-likeness (QED) is 0.718. The standard InChI is InChI=1S/C14H18OS/c15-14(12-6-2-1-3-7-12)10-11-16-13-8-4-5-9-13/h1-3,6-7,13H,4-5,8-11H2. The molecule has 1 aromatic rings. The van der Waals surface area contributed by atoms with Gasteiger partial charge in [-0.05, 0) is 12.8 Å². The minimum atomic E-state index is 0.283. The van der Waals surface area contributed by atoms with E-state index in [1.54, 1.807) is 0 Å². The highest BCUT2D eigenvalue weighted by molar-refractivity contribution is 7.99. The Morgan fingerprint density at radius 3 is 2.56 bits per heavy atom. The largest absolute Gasteiger partial charge is 0.294 e. The smallest absolute Gasteiger partial charge is 0.163 e. The van der Waals surface area contributed by atoms with E-state index >= 15 is 0 Å². The summed E-state index contributed by atoms with van der Waals surface area (Å²) in [4.78, 5) is 11.8. The fourth-order valence-corrected chi connectivity index (χ4v) is 3.44. The monoisotopic (exact) mass is 234 g/mol. The van der Waals surface area contributed by atoms with Gasteiger partial charge >= 0.3 is 0 Å². The lowest BCUT2D eigenvalue weighted by Crippen LogP contribution is -2.03. The van der Waals surface area contributed by atoms with Crippen LogP contribution in [0.5, 0.6) is 0 Å². The fraction of sp³-hybridized carbons (Fsp3) is 0.500. The Balaban J connectivity index is 1.71. The Morgan fingerprint density at radius 1 is 1.19 bits per heavy atom. The number of Topliss-reactive ketones (excluding diaryl/α,β-unsaturated/α-hetero) is 1. The lowest BCUT2D eigenvalue weighted by atomic mass is 10.1. The first-order valence-electron chi connectivity index (χ1n) is 6.06. The van der Waals surface area contributed by atoms with Gasteiger partial charge in [-0.2, -0.15) is 11.8 Å². The summed E-state index contributed by atoms with van der Waals surface area (Å²) in [7, 11) is 0. The van der Waals surface area contributed by atoms with Crippen molar-refractivity contribution in [2.24, 2.45) is 0 Å². The van der Waals surface area contributed by atoms with Crippen LogP contribution in [0.3, 0.4) is 0 Å². The molecule has 0 aliphatic heterocycles. The minimum absolute atomic E-state index is 0.283. The number of hydrogen-bond acceptors (Lipinski definition) is 2. The molecule has 86 valence electrons. The molecule has 16 heavy (non-hydrogen) atoms. The van der Waals surface area contributed by atoms with Gasteiger partial charge in [0.15, 0.2) is 5.78 Å². The second-order valence-corrected chi connectivity index (χ2v) is 5.72. The van der Waals surface area contributed by atoms with E-state index in [9.17, 15) is 4.79 Å². The number of hydrogen-bond donors (Lipinski definition) is 0. The molecule has 1 aromatic carbocycles. The van der Waals surface area contributed by atoms with Crippen molar-refractivity contribution in [3.05, 3.63) is 35.9 Å². The van der Waals surface area contributed by atoms with Gasteiger partial charge < -0.3 is 0 Å². The Hall–Kier alpha value is -0.760. The number of carbonyl (C=O) groups excluding carboxylic acids is 1. The van der Waals surface area contributed by atoms with Crippen LogP contribution in [-0.2, 0) is 0 Å². The molecule has 1 aliphatic rings. The van der Waals surface area contributed by atoms with Crippen LogP contribution in [0.4, 0.5) is 0 Å². The van der Waals surface area contributed by atoms with Crippen LogP contribution in [0.25, 0.3) is 0 Å². The molecular formula is C14H18OS. The maximum Gasteiger partial charge on any atom is 0.163 e. The van der Waals surface area contributed by atoms with Crippen LogP contribution < -0.4 is 0 Å². The van der Waals surface area contributed by atoms with Crippen molar-refractivity contribution in [3.63, 3.8) is 0 Å². The Morgan fingerprint density at radius 2 is 1.88 bits per heavy atom. The van der Waals surface area contributed by atoms with Gasteiger partial charge in [0, 0.05) is 23.0 Å². The van der Waals surface area contributed by atoms with Gasteiger partial charge in [0.25, 0.3) is 0 Å². The summed E-state index contributed by atoms with van der Waals surface area (Å²) in [6.07, 6.45) is 6.15. The third-order valence-corrected chi connectivity index (χ3v) is 4.46. The molecule has 1 fully saturated rings. The lowest BCUT2D eigenvalue weighted by molar-refractivity contribution is 0.0989. The zero-order valence-electron chi connectivity index (χ0n) is 9.52. The maximum absolute atomic E-state index is 11.8. The Labute approximate surface area is 102 Å². The van der Waals surface area contributed by atoms with E-state index in [0.717, 1.165) is 16.6 Å². The van der Waals surface area contributed by atoms with E-state index in [1.807, 2.05) is 42.1 Å². The molecule has 0 bridgehead atoms. The predicted octanol–water partition coefficient (Wildman–Crippen LogP) is 3.94. The summed E-state index contributed by atoms with van der Waals surface area (Å²) in [6, 6.07) is 9.61. The van der Waals surface area contributed by atoms with Gasteiger partial charge in [-0.25, -0.2) is 0 Å². The van der Waals surface area contributed by atoms with E-state index in [2.05, 4.69) is 0 Å². The van der Waals surface area contributed by atoms with Crippen molar-refractivity contribution >= 4 is 17.5 Å². The summed E-state index contributed by atoms with van der Waals surface area (Å²) in [5.41, 5.74) is 0.856. The van der Waals surface area contributed by atoms with Gasteiger partial charge in [0.2, 0.25) is 0 Å². The van der Waals surface area contributed by atoms with E-state index in [1.165, 1.54) is 25.7 Å². The van der Waals surface area contributed by atoms with Crippen molar-refractivity contribution in [1.82, 2.24) is 0 Å². The predicted molar refractivity (Wildman–Crippen MR) is 70.1 cm³/mol. The molecule has 2 rings (SSSR count). The van der Waals surface area contributed by atoms with Crippen molar-refractivity contribution in [2.45, 2.75) is 37.4 Å². The molecule has 0 aromatic heterocycles. The first-order chi connectivity index (χ1) is 7.86. The Kier molecular flexibility index (Phi) is 4.46. The van der Waals surface area contributed by atoms with Gasteiger partial charge in [-0.15, -0.1) is 0 Å². The molecule has 0 unspecified atom stereocenters. The van der Waals surface area contributed by atoms with Crippen molar-refractivity contribution in [1.29, 1.82) is 0 Å². The van der Waals surface area contributed by atoms with Crippen molar-refractivity contribution in [2.75, 3.05) is 5.75 Å². The Bertz CT molecular complexity index is 328. The zero-order valence-corrected chi connectivity index (χ0v) is 10.3. The summed E-state index contributed by atoms with van der Waals surface area (Å²) >= 11 is 1.99. The molecule has 1 aliphatic carbocycles. The number of thioether (sulfide) groups is 1. The summed E-state index contributed by atoms with van der Waals surface area (Å²) in [6.45, 7) is 0. The summed E-state index contributed by atoms with van der Waals surface area (Å²) in [5, 5.41) is 0.823. The van der Waals surface area contributed by atoms with Crippen LogP contribution in [-0.4, -0.2) is 16.8 Å². The molecule has 1 nitrogen and oxygen atoms in total. The second-order valence-electron chi connectivity index (χ2n) is 4.32. The van der Waals surface area contributed by atoms with Gasteiger partial charge in [-0.3, -0.25) is 4.79 Å². The maximum atomic E-state index is 11.8. The van der Waals surface area contributed by atoms with Crippen LogP contribution in [0.2, 0.25) is 0 Å². The molecule has 0 heterocycles.